The minimum absolute atomic E-state index is 0.0793. The Labute approximate surface area is 171 Å². The van der Waals surface area contributed by atoms with E-state index in [0.29, 0.717) is 12.1 Å². The molecule has 144 valence electrons. The topological polar surface area (TPSA) is 54.3 Å². The Hall–Kier alpha value is -3.58. The van der Waals surface area contributed by atoms with Crippen molar-refractivity contribution in [1.29, 1.82) is 0 Å². The molecule has 5 nitrogen and oxygen atoms in total. The summed E-state index contributed by atoms with van der Waals surface area (Å²) in [4.78, 5) is 26.7. The van der Waals surface area contributed by atoms with Crippen molar-refractivity contribution in [3.8, 4) is 0 Å². The predicted octanol–water partition coefficient (Wildman–Crippen LogP) is 3.80. The van der Waals surface area contributed by atoms with E-state index in [1.165, 1.54) is 24.3 Å². The van der Waals surface area contributed by atoms with Crippen molar-refractivity contribution < 1.29 is 14.0 Å². The van der Waals surface area contributed by atoms with E-state index in [0.717, 1.165) is 15.8 Å². The van der Waals surface area contributed by atoms with Crippen LogP contribution in [0.15, 0.2) is 73.0 Å². The first-order valence-electron chi connectivity index (χ1n) is 8.85. The smallest absolute Gasteiger partial charge is 0.270 e. The molecule has 0 spiro atoms. The van der Waals surface area contributed by atoms with Gasteiger partial charge in [-0.1, -0.05) is 30.3 Å². The third-order valence-corrected chi connectivity index (χ3v) is 4.90. The molecule has 0 bridgehead atoms. The molecule has 1 fully saturated rings. The molecular weight excluding hydrogens is 389 g/mol. The predicted molar refractivity (Wildman–Crippen MR) is 115 cm³/mol. The van der Waals surface area contributed by atoms with Gasteiger partial charge in [0.1, 0.15) is 11.4 Å². The first-order chi connectivity index (χ1) is 14.0. The first kappa shape index (κ1) is 18.8. The summed E-state index contributed by atoms with van der Waals surface area (Å²) in [5.74, 6) is -1.70. The lowest BCUT2D eigenvalue weighted by Crippen LogP contribution is -2.54. The maximum absolute atomic E-state index is 13.7. The summed E-state index contributed by atoms with van der Waals surface area (Å²) in [5.41, 5.74) is 1.85. The van der Waals surface area contributed by atoms with Gasteiger partial charge in [-0.2, -0.15) is 0 Å². The van der Waals surface area contributed by atoms with Gasteiger partial charge in [0.15, 0.2) is 5.11 Å². The molecule has 0 unspecified atom stereocenters. The highest BCUT2D eigenvalue weighted by atomic mass is 32.1. The zero-order chi connectivity index (χ0) is 20.5. The molecule has 2 heterocycles. The second kappa shape index (κ2) is 7.44. The Morgan fingerprint density at radius 2 is 1.93 bits per heavy atom. The van der Waals surface area contributed by atoms with Crippen LogP contribution in [0.1, 0.15) is 5.56 Å². The number of hydrogen-bond donors (Lipinski definition) is 1. The van der Waals surface area contributed by atoms with Crippen LogP contribution in [0.2, 0.25) is 0 Å². The second-order valence-corrected chi connectivity index (χ2v) is 6.87. The number of fused-ring (bicyclic) bond motifs is 1. The number of carbonyl (C=O) groups is 2. The number of nitrogens with one attached hydrogen (secondary N) is 1. The van der Waals surface area contributed by atoms with Gasteiger partial charge in [0.2, 0.25) is 0 Å². The van der Waals surface area contributed by atoms with Crippen LogP contribution in [0.25, 0.3) is 17.0 Å². The van der Waals surface area contributed by atoms with Gasteiger partial charge in [-0.3, -0.25) is 19.8 Å². The molecule has 1 aliphatic heterocycles. The molecule has 1 aromatic heterocycles. The highest BCUT2D eigenvalue weighted by Gasteiger charge is 2.34. The van der Waals surface area contributed by atoms with Crippen LogP contribution >= 0.6 is 12.2 Å². The number of benzene rings is 2. The van der Waals surface area contributed by atoms with Gasteiger partial charge >= 0.3 is 0 Å². The van der Waals surface area contributed by atoms with Crippen LogP contribution in [0.3, 0.4) is 0 Å². The maximum Gasteiger partial charge on any atom is 0.270 e. The molecular formula is C22H16FN3O2S. The molecule has 0 atom stereocenters. The molecule has 1 saturated heterocycles. The van der Waals surface area contributed by atoms with E-state index < -0.39 is 17.6 Å². The summed E-state index contributed by atoms with van der Waals surface area (Å²) in [6, 6.07) is 13.2. The zero-order valence-corrected chi connectivity index (χ0v) is 16.1. The number of halogens is 1. The maximum atomic E-state index is 13.7. The number of aromatic nitrogens is 1. The average Bonchev–Trinajstić information content (AvgIpc) is 3.03. The van der Waals surface area contributed by atoms with Gasteiger partial charge in [-0.05, 0) is 42.6 Å². The molecule has 4 rings (SSSR count). The van der Waals surface area contributed by atoms with Crippen LogP contribution in [-0.2, 0) is 16.1 Å². The van der Waals surface area contributed by atoms with Crippen molar-refractivity contribution in [1.82, 2.24) is 9.88 Å². The van der Waals surface area contributed by atoms with E-state index >= 15 is 0 Å². The van der Waals surface area contributed by atoms with Crippen molar-refractivity contribution in [3.05, 3.63) is 84.3 Å². The summed E-state index contributed by atoms with van der Waals surface area (Å²) < 4.78 is 15.6. The molecule has 1 N–H and O–H groups in total. The normalized spacial score (nSPS) is 15.8. The minimum Gasteiger partial charge on any atom is -0.343 e. The standard InChI is InChI=1S/C22H16FN3O2S/c1-2-10-25-13-14(17-8-3-4-9-19(17)25)11-18-20(27)24-22(29)26(21(18)28)16-7-5-6-15(23)12-16/h2-9,11-13H,1,10H2,(H,24,27,29). The summed E-state index contributed by atoms with van der Waals surface area (Å²) in [5, 5.41) is 3.32. The van der Waals surface area contributed by atoms with E-state index in [1.54, 1.807) is 12.1 Å². The number of rotatable bonds is 4. The monoisotopic (exact) mass is 405 g/mol. The number of para-hydroxylation sites is 1. The number of thiocarbonyl (C=S) groups is 1. The number of carbonyl (C=O) groups excluding carboxylic acids is 2. The molecule has 1 aliphatic rings. The van der Waals surface area contributed by atoms with Crippen molar-refractivity contribution >= 4 is 51.8 Å². The lowest BCUT2D eigenvalue weighted by molar-refractivity contribution is -0.122. The van der Waals surface area contributed by atoms with E-state index in [-0.39, 0.29) is 16.4 Å². The highest BCUT2D eigenvalue weighted by molar-refractivity contribution is 7.80. The minimum atomic E-state index is -0.607. The lowest BCUT2D eigenvalue weighted by Gasteiger charge is -2.28. The average molecular weight is 405 g/mol. The van der Waals surface area contributed by atoms with E-state index in [1.807, 2.05) is 35.0 Å². The van der Waals surface area contributed by atoms with Gasteiger partial charge in [-0.25, -0.2) is 4.39 Å². The van der Waals surface area contributed by atoms with Crippen LogP contribution in [0, 0.1) is 5.82 Å². The Balaban J connectivity index is 1.82. The zero-order valence-electron chi connectivity index (χ0n) is 15.3. The van der Waals surface area contributed by atoms with Gasteiger partial charge in [0, 0.05) is 29.2 Å². The number of allylic oxidation sites excluding steroid dienone is 1. The van der Waals surface area contributed by atoms with Gasteiger partial charge in [-0.15, -0.1) is 6.58 Å². The fourth-order valence-corrected chi connectivity index (χ4v) is 3.62. The second-order valence-electron chi connectivity index (χ2n) is 6.48. The highest BCUT2D eigenvalue weighted by Crippen LogP contribution is 2.27. The fraction of sp³-hybridized carbons (Fsp3) is 0.0455. The molecule has 29 heavy (non-hydrogen) atoms. The molecule has 0 saturated carbocycles. The third kappa shape index (κ3) is 3.36. The van der Waals surface area contributed by atoms with Crippen LogP contribution < -0.4 is 10.2 Å². The quantitative estimate of drug-likeness (QED) is 0.311. The molecule has 2 amide bonds. The van der Waals surface area contributed by atoms with Crippen molar-refractivity contribution in [2.75, 3.05) is 4.90 Å². The first-order valence-corrected chi connectivity index (χ1v) is 9.26. The van der Waals surface area contributed by atoms with Gasteiger partial charge < -0.3 is 4.57 Å². The van der Waals surface area contributed by atoms with E-state index in [4.69, 9.17) is 12.2 Å². The Morgan fingerprint density at radius 3 is 2.69 bits per heavy atom. The lowest BCUT2D eigenvalue weighted by atomic mass is 10.1. The van der Waals surface area contributed by atoms with Crippen molar-refractivity contribution in [2.45, 2.75) is 6.54 Å². The Bertz CT molecular complexity index is 1210. The van der Waals surface area contributed by atoms with E-state index in [9.17, 15) is 14.0 Å². The van der Waals surface area contributed by atoms with Crippen molar-refractivity contribution in [2.24, 2.45) is 0 Å². The van der Waals surface area contributed by atoms with Gasteiger partial charge in [0.25, 0.3) is 11.8 Å². The SMILES string of the molecule is C=CCn1cc(C=C2C(=O)NC(=S)N(c3cccc(F)c3)C2=O)c2ccccc21. The molecule has 0 aliphatic carbocycles. The molecule has 0 radical (unpaired) electrons. The Kier molecular flexibility index (Phi) is 4.82. The summed E-state index contributed by atoms with van der Waals surface area (Å²) >= 11 is 5.15. The number of hydrogen-bond acceptors (Lipinski definition) is 3. The molecule has 3 aromatic rings. The summed E-state index contributed by atoms with van der Waals surface area (Å²) in [6.45, 7) is 4.35. The number of anilines is 1. The number of amides is 2. The van der Waals surface area contributed by atoms with Gasteiger partial charge in [0.05, 0.1) is 5.69 Å². The number of nitrogens with zero attached hydrogens (tertiary/aromatic N) is 2. The van der Waals surface area contributed by atoms with E-state index in [2.05, 4.69) is 11.9 Å². The fourth-order valence-electron chi connectivity index (χ4n) is 3.34. The largest absolute Gasteiger partial charge is 0.343 e. The van der Waals surface area contributed by atoms with Crippen LogP contribution in [-0.4, -0.2) is 21.5 Å². The summed E-state index contributed by atoms with van der Waals surface area (Å²) in [6.07, 6.45) is 5.17. The summed E-state index contributed by atoms with van der Waals surface area (Å²) in [7, 11) is 0. The van der Waals surface area contributed by atoms with Crippen molar-refractivity contribution in [3.63, 3.8) is 0 Å². The third-order valence-electron chi connectivity index (χ3n) is 4.61. The Morgan fingerprint density at radius 1 is 1.14 bits per heavy atom. The molecule has 7 heteroatoms. The van der Waals surface area contributed by atoms with Crippen LogP contribution in [0.5, 0.6) is 0 Å². The molecule has 2 aromatic carbocycles. The van der Waals surface area contributed by atoms with Crippen LogP contribution in [0.4, 0.5) is 10.1 Å².